The van der Waals surface area contributed by atoms with Gasteiger partial charge in [0.05, 0.1) is 0 Å². The second kappa shape index (κ2) is 5.35. The van der Waals surface area contributed by atoms with E-state index in [0.29, 0.717) is 11.6 Å². The van der Waals surface area contributed by atoms with E-state index >= 15 is 0 Å². The van der Waals surface area contributed by atoms with Gasteiger partial charge >= 0.3 is 0 Å². The fraction of sp³-hybridized carbons (Fsp3) is 0.417. The van der Waals surface area contributed by atoms with Gasteiger partial charge in [0.2, 0.25) is 11.8 Å². The molecule has 3 N–H and O–H groups in total. The topological polar surface area (TPSA) is 85.1 Å². The normalized spacial score (nSPS) is 16.1. The van der Waals surface area contributed by atoms with Crippen LogP contribution in [-0.4, -0.2) is 22.8 Å². The third-order valence-corrected chi connectivity index (χ3v) is 3.06. The van der Waals surface area contributed by atoms with Gasteiger partial charge in [-0.15, -0.1) is 0 Å². The number of amides is 2. The van der Waals surface area contributed by atoms with Crippen LogP contribution in [0.5, 0.6) is 0 Å². The standard InChI is InChI=1S/C12H14ClN3O2/c13-10-4-1-7(6-15-10)5-9(11(14)17)16-12(18)8-2-3-8/h1,4,6,8-9H,2-3,5H2,(H2,14,17)(H,16,18)/t9-/m1/s1. The quantitative estimate of drug-likeness (QED) is 0.769. The zero-order valence-corrected chi connectivity index (χ0v) is 10.5. The summed E-state index contributed by atoms with van der Waals surface area (Å²) in [5, 5.41) is 3.05. The van der Waals surface area contributed by atoms with Crippen LogP contribution in [0, 0.1) is 5.92 Å². The number of nitrogens with zero attached hydrogens (tertiary/aromatic N) is 1. The lowest BCUT2D eigenvalue weighted by Gasteiger charge is -2.15. The van der Waals surface area contributed by atoms with Crippen molar-refractivity contribution in [3.8, 4) is 0 Å². The van der Waals surface area contributed by atoms with E-state index < -0.39 is 11.9 Å². The van der Waals surface area contributed by atoms with Gasteiger partial charge in [-0.2, -0.15) is 0 Å². The summed E-state index contributed by atoms with van der Waals surface area (Å²) in [5.41, 5.74) is 6.09. The minimum Gasteiger partial charge on any atom is -0.368 e. The average Bonchev–Trinajstić information content (AvgIpc) is 3.14. The first-order valence-corrected chi connectivity index (χ1v) is 6.14. The molecule has 0 saturated heterocycles. The SMILES string of the molecule is NC(=O)[C@@H](Cc1ccc(Cl)nc1)NC(=O)C1CC1. The molecule has 1 aliphatic rings. The maximum atomic E-state index is 11.6. The number of hydrogen-bond acceptors (Lipinski definition) is 3. The number of pyridine rings is 1. The number of rotatable bonds is 5. The monoisotopic (exact) mass is 267 g/mol. The molecule has 1 fully saturated rings. The lowest BCUT2D eigenvalue weighted by Crippen LogP contribution is -2.46. The highest BCUT2D eigenvalue weighted by Gasteiger charge is 2.32. The molecule has 6 heteroatoms. The van der Waals surface area contributed by atoms with Crippen LogP contribution in [0.25, 0.3) is 0 Å². The summed E-state index contributed by atoms with van der Waals surface area (Å²) in [6.07, 6.45) is 3.68. The Bertz CT molecular complexity index is 457. The van der Waals surface area contributed by atoms with Crippen molar-refractivity contribution >= 4 is 23.4 Å². The lowest BCUT2D eigenvalue weighted by molar-refractivity contribution is -0.128. The van der Waals surface area contributed by atoms with Gasteiger partial charge in [0.15, 0.2) is 0 Å². The molecule has 0 bridgehead atoms. The van der Waals surface area contributed by atoms with Crippen LogP contribution in [0.2, 0.25) is 5.15 Å². The molecule has 1 aromatic rings. The van der Waals surface area contributed by atoms with Gasteiger partial charge in [-0.25, -0.2) is 4.98 Å². The highest BCUT2D eigenvalue weighted by atomic mass is 35.5. The fourth-order valence-electron chi connectivity index (χ4n) is 1.62. The highest BCUT2D eigenvalue weighted by Crippen LogP contribution is 2.28. The minimum atomic E-state index is -0.693. The molecule has 0 unspecified atom stereocenters. The molecule has 1 heterocycles. The molecule has 1 aliphatic carbocycles. The lowest BCUT2D eigenvalue weighted by atomic mass is 10.1. The van der Waals surface area contributed by atoms with Crippen molar-refractivity contribution < 1.29 is 9.59 Å². The third-order valence-electron chi connectivity index (χ3n) is 2.84. The molecule has 18 heavy (non-hydrogen) atoms. The maximum Gasteiger partial charge on any atom is 0.240 e. The van der Waals surface area contributed by atoms with Crippen molar-refractivity contribution in [1.82, 2.24) is 10.3 Å². The Balaban J connectivity index is 1.99. The summed E-state index contributed by atoms with van der Waals surface area (Å²) in [6, 6.07) is 2.70. The number of aromatic nitrogens is 1. The summed E-state index contributed by atoms with van der Waals surface area (Å²) in [7, 11) is 0. The molecule has 0 aromatic carbocycles. The molecule has 0 radical (unpaired) electrons. The Hall–Kier alpha value is -1.62. The van der Waals surface area contributed by atoms with Crippen molar-refractivity contribution in [1.29, 1.82) is 0 Å². The Kier molecular flexibility index (Phi) is 3.81. The van der Waals surface area contributed by atoms with Crippen molar-refractivity contribution in [2.24, 2.45) is 11.7 Å². The van der Waals surface area contributed by atoms with Crippen LogP contribution in [0.3, 0.4) is 0 Å². The zero-order valence-electron chi connectivity index (χ0n) is 9.73. The van der Waals surface area contributed by atoms with Gasteiger partial charge in [-0.3, -0.25) is 9.59 Å². The van der Waals surface area contributed by atoms with E-state index in [1.807, 2.05) is 0 Å². The van der Waals surface area contributed by atoms with Gasteiger partial charge < -0.3 is 11.1 Å². The Morgan fingerprint density at radius 1 is 1.50 bits per heavy atom. The average molecular weight is 268 g/mol. The van der Waals surface area contributed by atoms with Gasteiger partial charge in [-0.05, 0) is 24.5 Å². The van der Waals surface area contributed by atoms with Crippen LogP contribution < -0.4 is 11.1 Å². The van der Waals surface area contributed by atoms with E-state index in [9.17, 15) is 9.59 Å². The summed E-state index contributed by atoms with van der Waals surface area (Å²) in [5.74, 6) is -0.588. The van der Waals surface area contributed by atoms with E-state index in [-0.39, 0.29) is 11.8 Å². The molecule has 0 spiro atoms. The van der Waals surface area contributed by atoms with Gasteiger partial charge in [0.25, 0.3) is 0 Å². The number of halogens is 1. The molecular formula is C12H14ClN3O2. The molecule has 1 saturated carbocycles. The van der Waals surface area contributed by atoms with E-state index in [1.165, 1.54) is 0 Å². The zero-order chi connectivity index (χ0) is 13.1. The van der Waals surface area contributed by atoms with Crippen LogP contribution in [0.15, 0.2) is 18.3 Å². The number of nitrogens with one attached hydrogen (secondary N) is 1. The van der Waals surface area contributed by atoms with Crippen LogP contribution >= 0.6 is 11.6 Å². The second-order valence-electron chi connectivity index (χ2n) is 4.43. The first kappa shape index (κ1) is 12.8. The van der Waals surface area contributed by atoms with Gasteiger partial charge in [0.1, 0.15) is 11.2 Å². The molecule has 2 amide bonds. The predicted octanol–water partition coefficient (Wildman–Crippen LogP) is 0.658. The minimum absolute atomic E-state index is 0.0511. The van der Waals surface area contributed by atoms with Crippen molar-refractivity contribution in [3.63, 3.8) is 0 Å². The summed E-state index contributed by atoms with van der Waals surface area (Å²) >= 11 is 5.67. The smallest absolute Gasteiger partial charge is 0.240 e. The molecule has 1 aromatic heterocycles. The number of primary amides is 1. The van der Waals surface area contributed by atoms with Crippen LogP contribution in [0.1, 0.15) is 18.4 Å². The number of hydrogen-bond donors (Lipinski definition) is 2. The van der Waals surface area contributed by atoms with E-state index in [1.54, 1.807) is 18.3 Å². The Labute approximate surface area is 110 Å². The van der Waals surface area contributed by atoms with Gasteiger partial charge in [0, 0.05) is 18.5 Å². The Morgan fingerprint density at radius 2 is 2.22 bits per heavy atom. The largest absolute Gasteiger partial charge is 0.368 e. The molecule has 1 atom stereocenters. The number of nitrogens with two attached hydrogens (primary N) is 1. The van der Waals surface area contributed by atoms with Crippen molar-refractivity contribution in [2.45, 2.75) is 25.3 Å². The van der Waals surface area contributed by atoms with E-state index in [0.717, 1.165) is 18.4 Å². The number of carbonyl (C=O) groups excluding carboxylic acids is 2. The summed E-state index contributed by atoms with van der Waals surface area (Å²) < 4.78 is 0. The van der Waals surface area contributed by atoms with Crippen molar-refractivity contribution in [2.75, 3.05) is 0 Å². The van der Waals surface area contributed by atoms with Crippen LogP contribution in [0.4, 0.5) is 0 Å². The summed E-state index contributed by atoms with van der Waals surface area (Å²) in [6.45, 7) is 0. The van der Waals surface area contributed by atoms with E-state index in [2.05, 4.69) is 10.3 Å². The van der Waals surface area contributed by atoms with Crippen LogP contribution in [-0.2, 0) is 16.0 Å². The number of carbonyl (C=O) groups is 2. The Morgan fingerprint density at radius 3 is 2.72 bits per heavy atom. The molecule has 0 aliphatic heterocycles. The predicted molar refractivity (Wildman–Crippen MR) is 66.8 cm³/mol. The molecular weight excluding hydrogens is 254 g/mol. The summed E-state index contributed by atoms with van der Waals surface area (Å²) in [4.78, 5) is 26.8. The third kappa shape index (κ3) is 3.43. The maximum absolute atomic E-state index is 11.6. The molecule has 5 nitrogen and oxygen atoms in total. The fourth-order valence-corrected chi connectivity index (χ4v) is 1.73. The molecule has 96 valence electrons. The van der Waals surface area contributed by atoms with E-state index in [4.69, 9.17) is 17.3 Å². The van der Waals surface area contributed by atoms with Gasteiger partial charge in [-0.1, -0.05) is 17.7 Å². The van der Waals surface area contributed by atoms with Crippen molar-refractivity contribution in [3.05, 3.63) is 29.0 Å². The highest BCUT2D eigenvalue weighted by molar-refractivity contribution is 6.29. The second-order valence-corrected chi connectivity index (χ2v) is 4.82. The molecule has 2 rings (SSSR count). The first-order chi connectivity index (χ1) is 8.56. The first-order valence-electron chi connectivity index (χ1n) is 5.76.